The molecular weight excluding hydrogens is 342 g/mol. The molecule has 0 unspecified atom stereocenters. The lowest BCUT2D eigenvalue weighted by molar-refractivity contribution is 0.168. The number of fused-ring (bicyclic) bond motifs is 3. The van der Waals surface area contributed by atoms with E-state index in [4.69, 9.17) is 9.84 Å². The smallest absolute Gasteiger partial charge is 0.411 e. The number of anilines is 1. The van der Waals surface area contributed by atoms with Crippen molar-refractivity contribution in [2.45, 2.75) is 20.8 Å². The van der Waals surface area contributed by atoms with Gasteiger partial charge in [0.25, 0.3) is 0 Å². The summed E-state index contributed by atoms with van der Waals surface area (Å²) in [7, 11) is 0. The number of nitrogens with zero attached hydrogens (tertiary/aromatic N) is 4. The van der Waals surface area contributed by atoms with Gasteiger partial charge in [0, 0.05) is 22.0 Å². The molecule has 4 aromatic rings. The fourth-order valence-corrected chi connectivity index (χ4v) is 3.08. The highest BCUT2D eigenvalue weighted by Crippen LogP contribution is 2.31. The SMILES string of the molecule is CCOC(=O)Nc1cc(-c2nn3c(C)nnc3c3ccccc23)ccc1C. The van der Waals surface area contributed by atoms with Gasteiger partial charge in [0.2, 0.25) is 0 Å². The van der Waals surface area contributed by atoms with E-state index in [-0.39, 0.29) is 0 Å². The summed E-state index contributed by atoms with van der Waals surface area (Å²) in [5, 5.41) is 17.9. The van der Waals surface area contributed by atoms with E-state index < -0.39 is 6.09 Å². The summed E-state index contributed by atoms with van der Waals surface area (Å²) in [5.74, 6) is 0.717. The maximum absolute atomic E-state index is 11.8. The zero-order valence-corrected chi connectivity index (χ0v) is 15.4. The molecule has 1 N–H and O–H groups in total. The molecule has 0 fully saturated rings. The molecule has 1 amide bonds. The zero-order valence-electron chi connectivity index (χ0n) is 15.4. The third kappa shape index (κ3) is 2.97. The molecule has 2 heterocycles. The van der Waals surface area contributed by atoms with Gasteiger partial charge in [0.15, 0.2) is 11.5 Å². The molecule has 0 saturated heterocycles. The van der Waals surface area contributed by atoms with Crippen LogP contribution >= 0.6 is 0 Å². The van der Waals surface area contributed by atoms with Gasteiger partial charge in [-0.05, 0) is 32.4 Å². The number of ether oxygens (including phenoxy) is 1. The van der Waals surface area contributed by atoms with Crippen molar-refractivity contribution in [1.82, 2.24) is 19.8 Å². The Balaban J connectivity index is 1.91. The molecule has 0 atom stereocenters. The van der Waals surface area contributed by atoms with Gasteiger partial charge in [-0.2, -0.15) is 9.61 Å². The Labute approximate surface area is 156 Å². The predicted molar refractivity (Wildman–Crippen MR) is 104 cm³/mol. The van der Waals surface area contributed by atoms with E-state index in [1.807, 2.05) is 56.3 Å². The Morgan fingerprint density at radius 3 is 2.67 bits per heavy atom. The van der Waals surface area contributed by atoms with E-state index in [2.05, 4.69) is 15.5 Å². The largest absolute Gasteiger partial charge is 0.450 e. The fourth-order valence-electron chi connectivity index (χ4n) is 3.08. The molecule has 0 spiro atoms. The highest BCUT2D eigenvalue weighted by Gasteiger charge is 2.15. The second kappa shape index (κ2) is 6.68. The Kier molecular flexibility index (Phi) is 4.19. The van der Waals surface area contributed by atoms with Crippen molar-refractivity contribution < 1.29 is 9.53 Å². The Morgan fingerprint density at radius 1 is 1.11 bits per heavy atom. The summed E-state index contributed by atoms with van der Waals surface area (Å²) in [6.45, 7) is 5.90. The monoisotopic (exact) mass is 361 g/mol. The zero-order chi connectivity index (χ0) is 19.0. The highest BCUT2D eigenvalue weighted by molar-refractivity contribution is 6.02. The number of carbonyl (C=O) groups excluding carboxylic acids is 1. The van der Waals surface area contributed by atoms with Crippen LogP contribution in [0.2, 0.25) is 0 Å². The molecule has 0 saturated carbocycles. The molecule has 136 valence electrons. The number of aromatic nitrogens is 4. The summed E-state index contributed by atoms with van der Waals surface area (Å²) in [6.07, 6.45) is -0.472. The normalized spacial score (nSPS) is 11.1. The van der Waals surface area contributed by atoms with E-state index in [9.17, 15) is 4.79 Å². The highest BCUT2D eigenvalue weighted by atomic mass is 16.5. The second-order valence-corrected chi connectivity index (χ2v) is 6.25. The standard InChI is InChI=1S/C20H19N5O2/c1-4-27-20(26)21-17-11-14(10-9-12(17)2)18-15-7-5-6-8-16(15)19-23-22-13(3)25(19)24-18/h5-11H,4H2,1-3H3,(H,21,26). The van der Waals surface area contributed by atoms with Gasteiger partial charge in [-0.3, -0.25) is 5.32 Å². The van der Waals surface area contributed by atoms with E-state index in [0.717, 1.165) is 33.2 Å². The third-order valence-corrected chi connectivity index (χ3v) is 4.44. The lowest BCUT2D eigenvalue weighted by Crippen LogP contribution is -2.14. The third-order valence-electron chi connectivity index (χ3n) is 4.44. The van der Waals surface area contributed by atoms with Crippen LogP contribution in [0.25, 0.3) is 27.7 Å². The van der Waals surface area contributed by atoms with Crippen LogP contribution in [0.1, 0.15) is 18.3 Å². The van der Waals surface area contributed by atoms with Crippen molar-refractivity contribution in [3.8, 4) is 11.3 Å². The van der Waals surface area contributed by atoms with Gasteiger partial charge in [0.1, 0.15) is 0 Å². The first-order chi connectivity index (χ1) is 13.1. The summed E-state index contributed by atoms with van der Waals surface area (Å²) in [5.41, 5.74) is 4.05. The summed E-state index contributed by atoms with van der Waals surface area (Å²) in [4.78, 5) is 11.8. The topological polar surface area (TPSA) is 81.4 Å². The maximum Gasteiger partial charge on any atom is 0.411 e. The number of aryl methyl sites for hydroxylation is 2. The van der Waals surface area contributed by atoms with E-state index in [0.29, 0.717) is 18.1 Å². The molecule has 0 bridgehead atoms. The molecule has 7 nitrogen and oxygen atoms in total. The van der Waals surface area contributed by atoms with Crippen LogP contribution in [0.3, 0.4) is 0 Å². The van der Waals surface area contributed by atoms with Crippen molar-refractivity contribution in [2.75, 3.05) is 11.9 Å². The lowest BCUT2D eigenvalue weighted by atomic mass is 10.0. The average Bonchev–Trinajstić information content (AvgIpc) is 3.04. The van der Waals surface area contributed by atoms with Gasteiger partial charge in [-0.1, -0.05) is 36.4 Å². The Morgan fingerprint density at radius 2 is 1.89 bits per heavy atom. The van der Waals surface area contributed by atoms with Crippen LogP contribution in [-0.4, -0.2) is 32.5 Å². The molecular formula is C20H19N5O2. The summed E-state index contributed by atoms with van der Waals surface area (Å²) >= 11 is 0. The maximum atomic E-state index is 11.8. The van der Waals surface area contributed by atoms with Crippen LogP contribution in [0.15, 0.2) is 42.5 Å². The number of amides is 1. The molecule has 0 aliphatic heterocycles. The first-order valence-electron chi connectivity index (χ1n) is 8.74. The lowest BCUT2D eigenvalue weighted by Gasteiger charge is -2.12. The van der Waals surface area contributed by atoms with Gasteiger partial charge < -0.3 is 4.74 Å². The molecule has 4 rings (SSSR count). The van der Waals surface area contributed by atoms with E-state index in [1.165, 1.54) is 0 Å². The minimum Gasteiger partial charge on any atom is -0.450 e. The van der Waals surface area contributed by atoms with E-state index >= 15 is 0 Å². The molecule has 27 heavy (non-hydrogen) atoms. The quantitative estimate of drug-likeness (QED) is 0.593. The van der Waals surface area contributed by atoms with Crippen molar-refractivity contribution in [3.05, 3.63) is 53.9 Å². The van der Waals surface area contributed by atoms with Crippen LogP contribution in [0.5, 0.6) is 0 Å². The minimum absolute atomic E-state index is 0.320. The Bertz CT molecular complexity index is 1170. The average molecular weight is 361 g/mol. The van der Waals surface area contributed by atoms with Crippen molar-refractivity contribution in [2.24, 2.45) is 0 Å². The first-order valence-corrected chi connectivity index (χ1v) is 8.74. The van der Waals surface area contributed by atoms with Crippen LogP contribution < -0.4 is 5.32 Å². The summed E-state index contributed by atoms with van der Waals surface area (Å²) < 4.78 is 6.74. The molecule has 7 heteroatoms. The molecule has 2 aromatic heterocycles. The number of hydrogen-bond acceptors (Lipinski definition) is 5. The van der Waals surface area contributed by atoms with Crippen molar-refractivity contribution in [1.29, 1.82) is 0 Å². The number of hydrogen-bond donors (Lipinski definition) is 1. The van der Waals surface area contributed by atoms with Gasteiger partial charge in [0.05, 0.1) is 12.3 Å². The van der Waals surface area contributed by atoms with Crippen LogP contribution in [-0.2, 0) is 4.74 Å². The molecule has 0 aliphatic carbocycles. The number of benzene rings is 2. The van der Waals surface area contributed by atoms with E-state index in [1.54, 1.807) is 11.4 Å². The first kappa shape index (κ1) is 17.0. The predicted octanol–water partition coefficient (Wildman–Crippen LogP) is 4.13. The van der Waals surface area contributed by atoms with Crippen molar-refractivity contribution in [3.63, 3.8) is 0 Å². The van der Waals surface area contributed by atoms with Gasteiger partial charge in [-0.15, -0.1) is 10.2 Å². The molecule has 0 aliphatic rings. The number of rotatable bonds is 3. The Hall–Kier alpha value is -3.48. The number of nitrogens with one attached hydrogen (secondary N) is 1. The second-order valence-electron chi connectivity index (χ2n) is 6.25. The molecule has 2 aromatic carbocycles. The fraction of sp³-hybridized carbons (Fsp3) is 0.200. The summed E-state index contributed by atoms with van der Waals surface area (Å²) in [6, 6.07) is 13.8. The minimum atomic E-state index is -0.472. The van der Waals surface area contributed by atoms with Crippen molar-refractivity contribution >= 4 is 28.2 Å². The van der Waals surface area contributed by atoms with Crippen LogP contribution in [0.4, 0.5) is 10.5 Å². The molecule has 0 radical (unpaired) electrons. The van der Waals surface area contributed by atoms with Gasteiger partial charge in [-0.25, -0.2) is 4.79 Å². The number of carbonyl (C=O) groups is 1. The van der Waals surface area contributed by atoms with Gasteiger partial charge >= 0.3 is 6.09 Å². The van der Waals surface area contributed by atoms with Crippen LogP contribution in [0, 0.1) is 13.8 Å².